The van der Waals surface area contributed by atoms with E-state index in [0.717, 1.165) is 12.1 Å². The van der Waals surface area contributed by atoms with Crippen molar-refractivity contribution in [1.82, 2.24) is 14.8 Å². The average Bonchev–Trinajstić information content (AvgIpc) is 3.62. The van der Waals surface area contributed by atoms with Crippen molar-refractivity contribution in [1.29, 1.82) is 0 Å². The predicted octanol–water partition coefficient (Wildman–Crippen LogP) is 5.24. The molecule has 0 saturated carbocycles. The number of carbonyl (C=O) groups is 2. The minimum absolute atomic E-state index is 0.141. The maximum absolute atomic E-state index is 14.0. The number of anilines is 1. The van der Waals surface area contributed by atoms with Gasteiger partial charge >= 0.3 is 6.03 Å². The molecule has 8 nitrogen and oxygen atoms in total. The Labute approximate surface area is 202 Å². The smallest absolute Gasteiger partial charge is 0.322 e. The lowest BCUT2D eigenvalue weighted by molar-refractivity contribution is 0.0918. The molecule has 0 radical (unpaired) electrons. The van der Waals surface area contributed by atoms with E-state index in [9.17, 15) is 14.0 Å². The van der Waals surface area contributed by atoms with E-state index in [1.165, 1.54) is 12.1 Å². The third-order valence-corrected chi connectivity index (χ3v) is 5.39. The van der Waals surface area contributed by atoms with E-state index in [2.05, 4.69) is 10.6 Å². The van der Waals surface area contributed by atoms with Crippen LogP contribution in [0, 0.1) is 5.82 Å². The lowest BCUT2D eigenvalue weighted by atomic mass is 10.3. The van der Waals surface area contributed by atoms with E-state index >= 15 is 0 Å². The van der Waals surface area contributed by atoms with Crippen LogP contribution in [0.15, 0.2) is 82.0 Å². The maximum Gasteiger partial charge on any atom is 0.322 e. The number of carbonyl (C=O) groups excluding carboxylic acids is 2. The van der Waals surface area contributed by atoms with Crippen molar-refractivity contribution in [2.45, 2.75) is 33.0 Å². The molecule has 182 valence electrons. The maximum atomic E-state index is 14.0. The SMILES string of the molecule is CCCN(Cc1cccn1Cc1ccc(C(=O)NCc2ccco2)o1)C(=O)Nc1ccccc1F. The molecule has 0 fully saturated rings. The zero-order valence-electron chi connectivity index (χ0n) is 19.4. The summed E-state index contributed by atoms with van der Waals surface area (Å²) in [6.45, 7) is 3.47. The van der Waals surface area contributed by atoms with Crippen LogP contribution < -0.4 is 10.6 Å². The summed E-state index contributed by atoms with van der Waals surface area (Å²) in [4.78, 5) is 26.8. The zero-order valence-corrected chi connectivity index (χ0v) is 19.4. The molecule has 3 amide bonds. The molecule has 4 aromatic rings. The molecule has 0 aliphatic carbocycles. The summed E-state index contributed by atoms with van der Waals surface area (Å²) in [6.07, 6.45) is 4.18. The fourth-order valence-electron chi connectivity index (χ4n) is 3.64. The number of halogens is 1. The van der Waals surface area contributed by atoms with Gasteiger partial charge in [-0.05, 0) is 55.0 Å². The van der Waals surface area contributed by atoms with Crippen molar-refractivity contribution < 1.29 is 22.8 Å². The molecule has 0 atom stereocenters. The Kier molecular flexibility index (Phi) is 7.67. The number of urea groups is 1. The first-order chi connectivity index (χ1) is 17.0. The molecule has 0 bridgehead atoms. The van der Waals surface area contributed by atoms with E-state index in [1.807, 2.05) is 29.8 Å². The van der Waals surface area contributed by atoms with Crippen LogP contribution in [0.25, 0.3) is 0 Å². The van der Waals surface area contributed by atoms with Gasteiger partial charge in [-0.15, -0.1) is 0 Å². The predicted molar refractivity (Wildman–Crippen MR) is 128 cm³/mol. The normalized spacial score (nSPS) is 10.8. The van der Waals surface area contributed by atoms with E-state index < -0.39 is 5.82 Å². The lowest BCUT2D eigenvalue weighted by Crippen LogP contribution is -2.36. The minimum atomic E-state index is -0.484. The zero-order chi connectivity index (χ0) is 24.6. The van der Waals surface area contributed by atoms with Crippen LogP contribution in [-0.4, -0.2) is 28.0 Å². The highest BCUT2D eigenvalue weighted by atomic mass is 19.1. The van der Waals surface area contributed by atoms with Crippen LogP contribution in [0.3, 0.4) is 0 Å². The van der Waals surface area contributed by atoms with Crippen molar-refractivity contribution in [2.75, 3.05) is 11.9 Å². The van der Waals surface area contributed by atoms with Crippen LogP contribution in [0.5, 0.6) is 0 Å². The molecule has 0 spiro atoms. The van der Waals surface area contributed by atoms with Crippen LogP contribution in [0.1, 0.15) is 41.1 Å². The van der Waals surface area contributed by atoms with Crippen molar-refractivity contribution in [3.8, 4) is 0 Å². The highest BCUT2D eigenvalue weighted by Crippen LogP contribution is 2.17. The number of hydrogen-bond donors (Lipinski definition) is 2. The van der Waals surface area contributed by atoms with E-state index in [1.54, 1.807) is 47.6 Å². The van der Waals surface area contributed by atoms with Gasteiger partial charge in [0.15, 0.2) is 5.76 Å². The summed E-state index contributed by atoms with van der Waals surface area (Å²) in [6, 6.07) is 16.4. The molecular weight excluding hydrogens is 451 g/mol. The van der Waals surface area contributed by atoms with Crippen molar-refractivity contribution >= 4 is 17.6 Å². The van der Waals surface area contributed by atoms with Gasteiger partial charge in [-0.3, -0.25) is 4.79 Å². The summed E-state index contributed by atoms with van der Waals surface area (Å²) in [7, 11) is 0. The summed E-state index contributed by atoms with van der Waals surface area (Å²) in [5.41, 5.74) is 1.02. The van der Waals surface area contributed by atoms with E-state index in [4.69, 9.17) is 8.83 Å². The van der Waals surface area contributed by atoms with Crippen LogP contribution in [0.4, 0.5) is 14.9 Å². The number of hydrogen-bond acceptors (Lipinski definition) is 4. The Morgan fingerprint density at radius 3 is 2.66 bits per heavy atom. The molecule has 1 aromatic carbocycles. The number of amides is 3. The molecule has 0 aliphatic rings. The van der Waals surface area contributed by atoms with Gasteiger partial charge in [0.25, 0.3) is 5.91 Å². The van der Waals surface area contributed by atoms with Gasteiger partial charge in [0.1, 0.15) is 17.3 Å². The fourth-order valence-corrected chi connectivity index (χ4v) is 3.64. The molecule has 0 unspecified atom stereocenters. The first kappa shape index (κ1) is 23.9. The van der Waals surface area contributed by atoms with Crippen LogP contribution in [0.2, 0.25) is 0 Å². The summed E-state index contributed by atoms with van der Waals surface area (Å²) < 4.78 is 26.9. The van der Waals surface area contributed by atoms with Gasteiger partial charge in [-0.25, -0.2) is 9.18 Å². The highest BCUT2D eigenvalue weighted by Gasteiger charge is 2.18. The van der Waals surface area contributed by atoms with Gasteiger partial charge in [0, 0.05) is 18.4 Å². The number of benzene rings is 1. The minimum Gasteiger partial charge on any atom is -0.467 e. The van der Waals surface area contributed by atoms with Crippen LogP contribution >= 0.6 is 0 Å². The van der Waals surface area contributed by atoms with Gasteiger partial charge in [0.05, 0.1) is 31.6 Å². The number of aromatic nitrogens is 1. The number of rotatable bonds is 10. The Balaban J connectivity index is 1.39. The lowest BCUT2D eigenvalue weighted by Gasteiger charge is -2.23. The monoisotopic (exact) mass is 478 g/mol. The Morgan fingerprint density at radius 2 is 1.89 bits per heavy atom. The third kappa shape index (κ3) is 6.20. The number of nitrogens with one attached hydrogen (secondary N) is 2. The highest BCUT2D eigenvalue weighted by molar-refractivity contribution is 5.91. The third-order valence-electron chi connectivity index (χ3n) is 5.39. The molecule has 4 rings (SSSR count). The largest absolute Gasteiger partial charge is 0.467 e. The number of furan rings is 2. The van der Waals surface area contributed by atoms with Crippen molar-refractivity contribution in [3.05, 3.63) is 102 Å². The Hall–Kier alpha value is -4.27. The van der Waals surface area contributed by atoms with Gasteiger partial charge in [-0.2, -0.15) is 0 Å². The van der Waals surface area contributed by atoms with Crippen molar-refractivity contribution in [3.63, 3.8) is 0 Å². The fraction of sp³-hybridized carbons (Fsp3) is 0.231. The Morgan fingerprint density at radius 1 is 1.03 bits per heavy atom. The van der Waals surface area contributed by atoms with Gasteiger partial charge in [0.2, 0.25) is 0 Å². The number of nitrogens with zero attached hydrogens (tertiary/aromatic N) is 2. The Bertz CT molecular complexity index is 1260. The van der Waals surface area contributed by atoms with Crippen LogP contribution in [-0.2, 0) is 19.6 Å². The summed E-state index contributed by atoms with van der Waals surface area (Å²) in [5.74, 6) is 0.639. The van der Waals surface area contributed by atoms with E-state index in [0.29, 0.717) is 31.2 Å². The molecule has 3 heterocycles. The van der Waals surface area contributed by atoms with Gasteiger partial charge in [-0.1, -0.05) is 19.1 Å². The second-order valence-electron chi connectivity index (χ2n) is 7.99. The standard InChI is InChI=1S/C26H27FN4O4/c1-2-13-31(26(33)29-23-10-4-3-9-22(23)27)17-19-7-5-14-30(19)18-21-11-12-24(35-21)25(32)28-16-20-8-6-15-34-20/h3-12,14-15H,2,13,16-18H2,1H3,(H,28,32)(H,29,33). The number of para-hydroxylation sites is 1. The molecule has 3 aromatic heterocycles. The molecule has 35 heavy (non-hydrogen) atoms. The molecule has 9 heteroatoms. The average molecular weight is 479 g/mol. The molecular formula is C26H27FN4O4. The second-order valence-corrected chi connectivity index (χ2v) is 7.99. The second kappa shape index (κ2) is 11.2. The first-order valence-electron chi connectivity index (χ1n) is 11.4. The molecule has 2 N–H and O–H groups in total. The van der Waals surface area contributed by atoms with Crippen molar-refractivity contribution in [2.24, 2.45) is 0 Å². The quantitative estimate of drug-likeness (QED) is 0.326. The topological polar surface area (TPSA) is 92.7 Å². The summed E-state index contributed by atoms with van der Waals surface area (Å²) >= 11 is 0. The van der Waals surface area contributed by atoms with E-state index in [-0.39, 0.29) is 29.9 Å². The van der Waals surface area contributed by atoms with Gasteiger partial charge < -0.3 is 28.9 Å². The molecule has 0 saturated heterocycles. The first-order valence-corrected chi connectivity index (χ1v) is 11.4. The molecule has 0 aliphatic heterocycles. The summed E-state index contributed by atoms with van der Waals surface area (Å²) in [5, 5.41) is 5.40.